The lowest BCUT2D eigenvalue weighted by Gasteiger charge is -2.31. The molecular weight excluding hydrogens is 1440 g/mol. The van der Waals surface area contributed by atoms with E-state index in [0.717, 1.165) is 0 Å². The average Bonchev–Trinajstić information content (AvgIpc) is 1.77. The van der Waals surface area contributed by atoms with E-state index < -0.39 is 144 Å². The van der Waals surface area contributed by atoms with Crippen molar-refractivity contribution in [1.82, 2.24) is 103 Å². The van der Waals surface area contributed by atoms with E-state index in [4.69, 9.17) is 22.6 Å². The van der Waals surface area contributed by atoms with Crippen LogP contribution in [0.2, 0.25) is 0 Å². The number of nitrogens with one attached hydrogen (secondary N) is 15. The zero-order valence-corrected chi connectivity index (χ0v) is 61.7. The second kappa shape index (κ2) is 41.9. The first kappa shape index (κ1) is 84.3. The van der Waals surface area contributed by atoms with Gasteiger partial charge in [0.2, 0.25) is 65.0 Å². The van der Waals surface area contributed by atoms with Crippen LogP contribution in [0.4, 0.5) is 0 Å². The Balaban J connectivity index is 0.966. The Morgan fingerprint density at radius 2 is 0.883 bits per heavy atom. The number of amides is 11. The molecule has 2 aliphatic heterocycles. The monoisotopic (exact) mass is 1540 g/mol. The number of carbonyl (C=O) groups excluding carboxylic acids is 11. The molecule has 0 aliphatic carbocycles. The molecule has 2 saturated heterocycles. The number of likely N-dealkylation sites (tertiary alicyclic amines) is 2. The van der Waals surface area contributed by atoms with E-state index in [0.29, 0.717) is 66.1 Å². The maximum absolute atomic E-state index is 15.0. The number of imidazole rings is 4. The van der Waals surface area contributed by atoms with Crippen molar-refractivity contribution in [2.45, 2.75) is 183 Å². The van der Waals surface area contributed by atoms with Crippen LogP contribution in [0, 0.1) is 11.3 Å². The molecule has 0 bridgehead atoms. The normalized spacial score (nSPS) is 16.4. The summed E-state index contributed by atoms with van der Waals surface area (Å²) in [6, 6.07) is -2.78. The fraction of sp³-hybridized carbons (Fsp3) is 0.486. The summed E-state index contributed by atoms with van der Waals surface area (Å²) in [5, 5.41) is 64.5. The van der Waals surface area contributed by atoms with Crippen molar-refractivity contribution in [2.75, 3.05) is 32.7 Å². The highest BCUT2D eigenvalue weighted by Gasteiger charge is 2.42. The number of carbonyl (C=O) groups is 12. The summed E-state index contributed by atoms with van der Waals surface area (Å²) in [4.78, 5) is 202. The number of aliphatic carboxylic acids is 1. The minimum Gasteiger partial charge on any atom is -0.508 e. The lowest BCUT2D eigenvalue weighted by Crippen LogP contribution is -2.61. The highest BCUT2D eigenvalue weighted by molar-refractivity contribution is 5.99. The molecule has 0 saturated carbocycles. The number of benzene rings is 2. The Morgan fingerprint density at radius 1 is 0.495 bits per heavy atom. The SMILES string of the molecule is CC(C)C[C@H](NC(=O)[C@H](CCCCN)NC(=O)[C@@H](N)Cc1ccc(O)cc1)C(=O)N1CCC[C@H]1C(=O)NCC(=O)N[C@@H](Cc1cnc[nH]1)C(=O)N[C@@H](Cc1cnc[nH]1)C(=O)N[C@@H](Cc1cnc[nH]1)C(=O)N[C@@H](Cc1cnc[nH]1)C(=O)N[C@@H](Cc1ccc(O)cc1)C(=O)N[C@@H](CCCNC(=N)N)C(=O)N1CCC[C@H]1C(=O)O. The molecule has 0 unspecified atom stereocenters. The van der Waals surface area contributed by atoms with E-state index in [1.54, 1.807) is 12.1 Å². The summed E-state index contributed by atoms with van der Waals surface area (Å²) < 4.78 is 0. The smallest absolute Gasteiger partial charge is 0.326 e. The second-order valence-electron chi connectivity index (χ2n) is 27.9. The van der Waals surface area contributed by atoms with Gasteiger partial charge in [-0.1, -0.05) is 38.1 Å². The number of rotatable bonds is 43. The number of carboxylic acids is 1. The van der Waals surface area contributed by atoms with E-state index in [-0.39, 0.29) is 120 Å². The second-order valence-corrected chi connectivity index (χ2v) is 27.9. The largest absolute Gasteiger partial charge is 0.508 e. The van der Waals surface area contributed by atoms with E-state index in [1.165, 1.54) is 96.3 Å². The lowest BCUT2D eigenvalue weighted by atomic mass is 10.0. The van der Waals surface area contributed by atoms with Crippen LogP contribution in [0.1, 0.15) is 112 Å². The predicted octanol–water partition coefficient (Wildman–Crippen LogP) is -3.43. The van der Waals surface area contributed by atoms with Gasteiger partial charge in [0.25, 0.3) is 0 Å². The van der Waals surface area contributed by atoms with Gasteiger partial charge in [-0.25, -0.2) is 24.7 Å². The molecule has 0 radical (unpaired) electrons. The standard InChI is InChI=1S/C72H100N24O15/c1-40(2)24-57(94-62(101)50(8-3-4-20-73)88-61(100)49(74)25-41-12-16-47(97)17-13-41)70(109)95-22-6-10-58(95)68(107)82-35-60(99)87-53(27-43-31-77-36-83-43)64(103)91-55(29-45-33-79-38-85-45)66(105)93-56(30-46-34-80-39-86-46)67(106)92-54(28-44-32-78-37-84-44)65(104)90-52(26-42-14-18-48(98)19-15-42)63(102)89-51(9-5-21-81-72(75)76)69(108)96-23-7-11-59(96)71(110)111/h12-19,31-34,36-40,49-59,97-98H,3-11,20-30,35,73-74H2,1-2H3,(H,77,83)(H,78,84)(H,79,85)(H,80,86)(H,82,107)(H,87,99)(H,88,100)(H,89,102)(H,90,104)(H,91,103)(H,92,106)(H,93,105)(H,94,101)(H,110,111)(H4,75,76,81)/t49-,50-,51-,52-,53-,54-,55-,56-,57-,58-,59-/m0/s1. The van der Waals surface area contributed by atoms with E-state index in [1.807, 2.05) is 13.8 Å². The van der Waals surface area contributed by atoms with Crippen molar-refractivity contribution in [3.05, 3.63) is 133 Å². The Kier molecular flexibility index (Phi) is 31.8. The zero-order valence-electron chi connectivity index (χ0n) is 61.7. The predicted molar refractivity (Wildman–Crippen MR) is 398 cm³/mol. The van der Waals surface area contributed by atoms with Gasteiger partial charge in [0.15, 0.2) is 5.96 Å². The summed E-state index contributed by atoms with van der Waals surface area (Å²) in [6.07, 6.45) is 12.2. The number of aromatic nitrogens is 8. The first-order valence-corrected chi connectivity index (χ1v) is 36.7. The van der Waals surface area contributed by atoms with Crippen LogP contribution in [0.5, 0.6) is 11.5 Å². The van der Waals surface area contributed by atoms with Gasteiger partial charge < -0.3 is 115 Å². The fourth-order valence-corrected chi connectivity index (χ4v) is 13.0. The molecule has 8 rings (SSSR count). The zero-order chi connectivity index (χ0) is 80.1. The maximum Gasteiger partial charge on any atom is 0.326 e. The summed E-state index contributed by atoms with van der Waals surface area (Å²) in [7, 11) is 0. The molecular formula is C72H100N24O15. The Hall–Kier alpha value is -12.3. The van der Waals surface area contributed by atoms with E-state index in [9.17, 15) is 68.1 Å². The molecule has 24 N–H and O–H groups in total. The van der Waals surface area contributed by atoms with Crippen molar-refractivity contribution in [2.24, 2.45) is 23.1 Å². The van der Waals surface area contributed by atoms with Gasteiger partial charge >= 0.3 is 5.97 Å². The van der Waals surface area contributed by atoms with Gasteiger partial charge in [-0.15, -0.1) is 0 Å². The molecule has 4 aromatic heterocycles. The number of hydrogen-bond acceptors (Lipinski definition) is 21. The van der Waals surface area contributed by atoms with Crippen molar-refractivity contribution in [3.63, 3.8) is 0 Å². The van der Waals surface area contributed by atoms with Crippen LogP contribution in [0.3, 0.4) is 0 Å². The van der Waals surface area contributed by atoms with Crippen molar-refractivity contribution in [1.29, 1.82) is 5.41 Å². The molecule has 2 aromatic carbocycles. The molecule has 11 amide bonds. The molecule has 39 nitrogen and oxygen atoms in total. The number of phenolic OH excluding ortho intramolecular Hbond substituents is 2. The van der Waals surface area contributed by atoms with Gasteiger partial charge in [-0.05, 0) is 118 Å². The third-order valence-corrected chi connectivity index (χ3v) is 18.8. The highest BCUT2D eigenvalue weighted by atomic mass is 16.4. The van der Waals surface area contributed by atoms with Crippen molar-refractivity contribution >= 4 is 76.9 Å². The third-order valence-electron chi connectivity index (χ3n) is 18.8. The number of aromatic hydroxyl groups is 2. The molecule has 2 fully saturated rings. The summed E-state index contributed by atoms with van der Waals surface area (Å²) in [5.74, 6) is -10.6. The number of hydrogen-bond donors (Lipinski definition) is 21. The Morgan fingerprint density at radius 3 is 1.32 bits per heavy atom. The molecule has 0 spiro atoms. The van der Waals surface area contributed by atoms with Crippen LogP contribution in [0.15, 0.2) is 98.6 Å². The van der Waals surface area contributed by atoms with E-state index >= 15 is 4.79 Å². The molecule has 39 heteroatoms. The van der Waals surface area contributed by atoms with Crippen LogP contribution in [-0.4, -0.2) is 241 Å². The number of unbranched alkanes of at least 4 members (excludes halogenated alkanes) is 1. The lowest BCUT2D eigenvalue weighted by molar-refractivity contribution is -0.149. The summed E-state index contributed by atoms with van der Waals surface area (Å²) >= 11 is 0. The molecule has 598 valence electrons. The maximum atomic E-state index is 15.0. The summed E-state index contributed by atoms with van der Waals surface area (Å²) in [5.41, 5.74) is 20.0. The molecule has 2 aliphatic rings. The third kappa shape index (κ3) is 26.2. The summed E-state index contributed by atoms with van der Waals surface area (Å²) in [6.45, 7) is 3.63. The van der Waals surface area contributed by atoms with Crippen LogP contribution in [0.25, 0.3) is 0 Å². The first-order valence-electron chi connectivity index (χ1n) is 36.7. The van der Waals surface area contributed by atoms with Crippen LogP contribution >= 0.6 is 0 Å². The van der Waals surface area contributed by atoms with Gasteiger partial charge in [-0.2, -0.15) is 0 Å². The number of guanidine groups is 1. The average molecular weight is 1540 g/mol. The van der Waals surface area contributed by atoms with Crippen molar-refractivity contribution in [3.8, 4) is 11.5 Å². The molecule has 111 heavy (non-hydrogen) atoms. The minimum absolute atomic E-state index is 0.0358. The van der Waals surface area contributed by atoms with Crippen LogP contribution in [-0.2, 0) is 96.1 Å². The van der Waals surface area contributed by atoms with Gasteiger partial charge in [0, 0.05) is 99.3 Å². The van der Waals surface area contributed by atoms with Gasteiger partial charge in [-0.3, -0.25) is 58.1 Å². The quantitative estimate of drug-likeness (QED) is 0.0101. The number of H-pyrrole nitrogens is 4. The van der Waals surface area contributed by atoms with Gasteiger partial charge in [0.05, 0.1) is 37.9 Å². The number of carboxylic acid groups (broad SMARTS) is 1. The Labute approximate surface area is 638 Å². The number of phenols is 2. The molecule has 11 atom stereocenters. The Bertz CT molecular complexity index is 4070. The highest BCUT2D eigenvalue weighted by Crippen LogP contribution is 2.23. The number of nitrogens with zero attached hydrogens (tertiary/aromatic N) is 6. The number of nitrogens with two attached hydrogens (primary N) is 3. The van der Waals surface area contributed by atoms with E-state index in [2.05, 4.69) is 93.0 Å². The molecule has 6 heterocycles. The number of aromatic amines is 4. The first-order chi connectivity index (χ1) is 53.2. The fourth-order valence-electron chi connectivity index (χ4n) is 13.0. The van der Waals surface area contributed by atoms with Crippen molar-refractivity contribution < 1.29 is 72.9 Å². The minimum atomic E-state index is -1.58. The van der Waals surface area contributed by atoms with Gasteiger partial charge in [0.1, 0.15) is 71.9 Å². The van der Waals surface area contributed by atoms with Crippen LogP contribution < -0.4 is 70.4 Å². The molecule has 6 aromatic rings. The topological polar surface area (TPSA) is 609 Å².